The van der Waals surface area contributed by atoms with Gasteiger partial charge in [-0.3, -0.25) is 9.69 Å². The van der Waals surface area contributed by atoms with E-state index < -0.39 is 51.3 Å². The maximum atomic E-state index is 13.7. The molecule has 0 radical (unpaired) electrons. The Bertz CT molecular complexity index is 1210. The topological polar surface area (TPSA) is 78.5 Å². The third-order valence-corrected chi connectivity index (χ3v) is 8.37. The Morgan fingerprint density at radius 1 is 1.05 bits per heavy atom. The molecule has 1 fully saturated rings. The van der Waals surface area contributed by atoms with Gasteiger partial charge in [-0.15, -0.1) is 0 Å². The summed E-state index contributed by atoms with van der Waals surface area (Å²) in [7, 11) is -4.70. The number of fused-ring (bicyclic) bond motifs is 1. The molecule has 202 valence electrons. The lowest BCUT2D eigenvalue weighted by Gasteiger charge is -2.30. The highest BCUT2D eigenvalue weighted by atomic mass is 32.2. The standard InChI is InChI=1S/C26H31F4N3O3S/c27-20-7-5-8-21(15-20)37(35,36)32-24(26(28,29)30)16-25(34)31-23-9-4-6-19-14-18(10-11-22(19)23)17-33-12-2-1-3-13-33/h5,7-8,10-11,14-15,23-24,32H,1-4,6,9,12-13,16-17H2,(H,31,34)/t23-,24-/m1/s1. The van der Waals surface area contributed by atoms with E-state index >= 15 is 0 Å². The van der Waals surface area contributed by atoms with Gasteiger partial charge in [-0.1, -0.05) is 30.7 Å². The second-order valence-corrected chi connectivity index (χ2v) is 11.5. The SMILES string of the molecule is O=C(C[C@@H](NS(=O)(=O)c1cccc(F)c1)C(F)(F)F)N[C@@H]1CCCc2cc(CN3CCCCC3)ccc21. The molecule has 11 heteroatoms. The second-order valence-electron chi connectivity index (χ2n) is 9.76. The van der Waals surface area contributed by atoms with E-state index in [4.69, 9.17) is 0 Å². The molecule has 4 rings (SSSR count). The molecule has 2 aromatic rings. The van der Waals surface area contributed by atoms with Crippen molar-refractivity contribution in [3.63, 3.8) is 0 Å². The summed E-state index contributed by atoms with van der Waals surface area (Å²) in [6.07, 6.45) is -0.331. The lowest BCUT2D eigenvalue weighted by molar-refractivity contribution is -0.158. The molecule has 1 aliphatic carbocycles. The van der Waals surface area contributed by atoms with Crippen LogP contribution in [-0.4, -0.2) is 44.5 Å². The number of likely N-dealkylation sites (tertiary alicyclic amines) is 1. The van der Waals surface area contributed by atoms with Crippen molar-refractivity contribution in [2.24, 2.45) is 0 Å². The van der Waals surface area contributed by atoms with E-state index in [-0.39, 0.29) is 0 Å². The third-order valence-electron chi connectivity index (χ3n) is 6.90. The van der Waals surface area contributed by atoms with Crippen molar-refractivity contribution in [1.82, 2.24) is 14.9 Å². The summed E-state index contributed by atoms with van der Waals surface area (Å²) < 4.78 is 80.8. The Labute approximate surface area is 214 Å². The smallest absolute Gasteiger partial charge is 0.349 e. The van der Waals surface area contributed by atoms with Crippen molar-refractivity contribution in [1.29, 1.82) is 0 Å². The molecule has 2 aromatic carbocycles. The van der Waals surface area contributed by atoms with Gasteiger partial charge in [0.05, 0.1) is 17.4 Å². The Balaban J connectivity index is 1.43. The predicted octanol–water partition coefficient (Wildman–Crippen LogP) is 4.60. The molecule has 2 atom stereocenters. The van der Waals surface area contributed by atoms with Gasteiger partial charge in [0.1, 0.15) is 11.9 Å². The van der Waals surface area contributed by atoms with Gasteiger partial charge in [-0.25, -0.2) is 12.8 Å². The highest BCUT2D eigenvalue weighted by molar-refractivity contribution is 7.89. The van der Waals surface area contributed by atoms with Gasteiger partial charge >= 0.3 is 6.18 Å². The number of hydrogen-bond donors (Lipinski definition) is 2. The molecule has 2 N–H and O–H groups in total. The van der Waals surface area contributed by atoms with E-state index in [1.165, 1.54) is 29.5 Å². The predicted molar refractivity (Wildman–Crippen MR) is 131 cm³/mol. The number of hydrogen-bond acceptors (Lipinski definition) is 4. The van der Waals surface area contributed by atoms with Crippen LogP contribution in [0.15, 0.2) is 47.4 Å². The fourth-order valence-corrected chi connectivity index (χ4v) is 6.30. The number of amides is 1. The first-order valence-electron chi connectivity index (χ1n) is 12.5. The van der Waals surface area contributed by atoms with Crippen LogP contribution in [-0.2, 0) is 27.8 Å². The number of aryl methyl sites for hydroxylation is 1. The molecule has 1 heterocycles. The average Bonchev–Trinajstić information content (AvgIpc) is 2.84. The van der Waals surface area contributed by atoms with Crippen LogP contribution in [0.5, 0.6) is 0 Å². The molecule has 2 aliphatic rings. The number of benzene rings is 2. The summed E-state index contributed by atoms with van der Waals surface area (Å²) in [5.41, 5.74) is 3.13. The van der Waals surface area contributed by atoms with Crippen LogP contribution in [0.3, 0.4) is 0 Å². The molecule has 0 saturated carbocycles. The van der Waals surface area contributed by atoms with Crippen LogP contribution >= 0.6 is 0 Å². The lowest BCUT2D eigenvalue weighted by atomic mass is 9.86. The van der Waals surface area contributed by atoms with Crippen molar-refractivity contribution >= 4 is 15.9 Å². The summed E-state index contributed by atoms with van der Waals surface area (Å²) in [5.74, 6) is -1.82. The number of piperidine rings is 1. The number of nitrogens with zero attached hydrogens (tertiary/aromatic N) is 1. The molecular formula is C26H31F4N3O3S. The van der Waals surface area contributed by atoms with E-state index in [0.29, 0.717) is 12.5 Å². The Hall–Kier alpha value is -2.50. The molecule has 1 saturated heterocycles. The summed E-state index contributed by atoms with van der Waals surface area (Å²) >= 11 is 0. The number of rotatable bonds is 8. The van der Waals surface area contributed by atoms with Crippen molar-refractivity contribution in [2.75, 3.05) is 13.1 Å². The maximum absolute atomic E-state index is 13.7. The first kappa shape index (κ1) is 27.5. The number of alkyl halides is 3. The van der Waals surface area contributed by atoms with Crippen molar-refractivity contribution in [2.45, 2.75) is 74.6 Å². The van der Waals surface area contributed by atoms with E-state index in [2.05, 4.69) is 16.3 Å². The largest absolute Gasteiger partial charge is 0.405 e. The van der Waals surface area contributed by atoms with E-state index in [9.17, 15) is 30.8 Å². The Morgan fingerprint density at radius 3 is 2.51 bits per heavy atom. The van der Waals surface area contributed by atoms with Crippen LogP contribution in [0.1, 0.15) is 61.3 Å². The minimum absolute atomic E-state index is 0.450. The van der Waals surface area contributed by atoms with Gasteiger partial charge in [0.2, 0.25) is 15.9 Å². The molecule has 0 bridgehead atoms. The number of halogens is 4. The van der Waals surface area contributed by atoms with E-state index in [0.717, 1.165) is 61.8 Å². The average molecular weight is 542 g/mol. The van der Waals surface area contributed by atoms with E-state index in [1.54, 1.807) is 0 Å². The zero-order valence-electron chi connectivity index (χ0n) is 20.4. The number of carbonyl (C=O) groups excluding carboxylic acids is 1. The first-order valence-corrected chi connectivity index (χ1v) is 14.0. The van der Waals surface area contributed by atoms with Crippen LogP contribution in [0.4, 0.5) is 17.6 Å². The van der Waals surface area contributed by atoms with Gasteiger partial charge in [-0.2, -0.15) is 17.9 Å². The highest BCUT2D eigenvalue weighted by Gasteiger charge is 2.44. The number of sulfonamides is 1. The van der Waals surface area contributed by atoms with Gasteiger partial charge in [0.15, 0.2) is 0 Å². The molecule has 37 heavy (non-hydrogen) atoms. The zero-order chi connectivity index (χ0) is 26.6. The molecule has 0 unspecified atom stereocenters. The normalized spacial score (nSPS) is 19.7. The van der Waals surface area contributed by atoms with E-state index in [1.807, 2.05) is 12.1 Å². The quantitative estimate of drug-likeness (QED) is 0.479. The minimum atomic E-state index is -5.02. The van der Waals surface area contributed by atoms with Gasteiger partial charge in [-0.05, 0) is 80.1 Å². The van der Waals surface area contributed by atoms with Crippen LogP contribution in [0, 0.1) is 5.82 Å². The molecule has 0 spiro atoms. The molecule has 0 aromatic heterocycles. The summed E-state index contributed by atoms with van der Waals surface area (Å²) in [6.45, 7) is 2.99. The fourth-order valence-electron chi connectivity index (χ4n) is 5.04. The van der Waals surface area contributed by atoms with Gasteiger partial charge in [0, 0.05) is 6.54 Å². The monoisotopic (exact) mass is 541 g/mol. The molecule has 1 amide bonds. The fraction of sp³-hybridized carbons (Fsp3) is 0.500. The highest BCUT2D eigenvalue weighted by Crippen LogP contribution is 2.32. The number of carbonyl (C=O) groups is 1. The summed E-state index contributed by atoms with van der Waals surface area (Å²) in [5, 5.41) is 2.67. The Morgan fingerprint density at radius 2 is 1.81 bits per heavy atom. The lowest BCUT2D eigenvalue weighted by Crippen LogP contribution is -2.48. The van der Waals surface area contributed by atoms with Crippen molar-refractivity contribution in [3.05, 3.63) is 65.0 Å². The van der Waals surface area contributed by atoms with Crippen molar-refractivity contribution < 1.29 is 30.8 Å². The van der Waals surface area contributed by atoms with Crippen LogP contribution < -0.4 is 10.0 Å². The first-order chi connectivity index (χ1) is 17.5. The molecule has 1 aliphatic heterocycles. The summed E-state index contributed by atoms with van der Waals surface area (Å²) in [4.78, 5) is 14.4. The maximum Gasteiger partial charge on any atom is 0.405 e. The van der Waals surface area contributed by atoms with Gasteiger partial charge < -0.3 is 5.32 Å². The third kappa shape index (κ3) is 7.30. The van der Waals surface area contributed by atoms with Gasteiger partial charge in [0.25, 0.3) is 0 Å². The van der Waals surface area contributed by atoms with Crippen molar-refractivity contribution in [3.8, 4) is 0 Å². The minimum Gasteiger partial charge on any atom is -0.349 e. The summed E-state index contributed by atoms with van der Waals surface area (Å²) in [6, 6.07) is 6.62. The zero-order valence-corrected chi connectivity index (χ0v) is 21.2. The van der Waals surface area contributed by atoms with Crippen LogP contribution in [0.25, 0.3) is 0 Å². The second kappa shape index (κ2) is 11.5. The molecule has 6 nitrogen and oxygen atoms in total. The van der Waals surface area contributed by atoms with Crippen LogP contribution in [0.2, 0.25) is 0 Å². The Kier molecular flexibility index (Phi) is 8.55. The molecular weight excluding hydrogens is 510 g/mol. The number of nitrogens with one attached hydrogen (secondary N) is 2.